The highest BCUT2D eigenvalue weighted by atomic mass is 16.1. The summed E-state index contributed by atoms with van der Waals surface area (Å²) in [6, 6.07) is 15.0. The van der Waals surface area contributed by atoms with Crippen LogP contribution in [-0.2, 0) is 0 Å². The summed E-state index contributed by atoms with van der Waals surface area (Å²) in [6.45, 7) is 3.89. The third kappa shape index (κ3) is 2.93. The number of nitrogens with one attached hydrogen (secondary N) is 1. The molecule has 1 N–H and O–H groups in total. The Kier molecular flexibility index (Phi) is 3.93. The number of anilines is 1. The van der Waals surface area contributed by atoms with Gasteiger partial charge < -0.3 is 0 Å². The second-order valence-corrected chi connectivity index (χ2v) is 6.06. The minimum atomic E-state index is -0.235. The molecule has 26 heavy (non-hydrogen) atoms. The topological polar surface area (TPSA) is 72.2 Å². The van der Waals surface area contributed by atoms with Crippen LogP contribution >= 0.6 is 0 Å². The van der Waals surface area contributed by atoms with Crippen molar-refractivity contribution in [2.24, 2.45) is 0 Å². The molecule has 4 aromatic rings. The van der Waals surface area contributed by atoms with Crippen LogP contribution < -0.4 is 5.32 Å². The van der Waals surface area contributed by atoms with E-state index in [0.717, 1.165) is 22.6 Å². The van der Waals surface area contributed by atoms with E-state index in [0.29, 0.717) is 11.3 Å². The van der Waals surface area contributed by atoms with Gasteiger partial charge in [-0.05, 0) is 44.2 Å². The lowest BCUT2D eigenvalue weighted by molar-refractivity contribution is 0.102. The monoisotopic (exact) mass is 343 g/mol. The number of fused-ring (bicyclic) bond motifs is 1. The van der Waals surface area contributed by atoms with Gasteiger partial charge >= 0.3 is 0 Å². The lowest BCUT2D eigenvalue weighted by Gasteiger charge is -2.07. The first-order valence-corrected chi connectivity index (χ1v) is 8.27. The lowest BCUT2D eigenvalue weighted by atomic mass is 10.1. The van der Waals surface area contributed by atoms with Crippen molar-refractivity contribution in [3.8, 4) is 11.4 Å². The van der Waals surface area contributed by atoms with Crippen molar-refractivity contribution >= 4 is 17.5 Å². The van der Waals surface area contributed by atoms with E-state index in [1.54, 1.807) is 12.3 Å². The summed E-state index contributed by atoms with van der Waals surface area (Å²) in [5.41, 5.74) is 4.90. The summed E-state index contributed by atoms with van der Waals surface area (Å²) in [7, 11) is 0. The molecule has 0 saturated heterocycles. The fourth-order valence-electron chi connectivity index (χ4n) is 2.93. The molecule has 0 spiro atoms. The Labute approximate surface area is 150 Å². The summed E-state index contributed by atoms with van der Waals surface area (Å²) >= 11 is 0. The van der Waals surface area contributed by atoms with Crippen molar-refractivity contribution < 1.29 is 4.79 Å². The molecule has 128 valence electrons. The van der Waals surface area contributed by atoms with Crippen molar-refractivity contribution in [1.29, 1.82) is 0 Å². The van der Waals surface area contributed by atoms with Crippen LogP contribution in [0.2, 0.25) is 0 Å². The predicted octanol–water partition coefficient (Wildman–Crippen LogP) is 3.66. The number of carbonyl (C=O) groups excluding carboxylic acids is 1. The minimum absolute atomic E-state index is 0.235. The Morgan fingerprint density at radius 2 is 1.92 bits per heavy atom. The van der Waals surface area contributed by atoms with E-state index in [9.17, 15) is 4.79 Å². The number of benzene rings is 1. The SMILES string of the molecule is Cc1cccc(C(=O)Nc2nccc(-c3c(C)nc4ccccn34)n2)c1. The van der Waals surface area contributed by atoms with Crippen LogP contribution in [0, 0.1) is 13.8 Å². The molecule has 1 aromatic carbocycles. The Morgan fingerprint density at radius 1 is 1.04 bits per heavy atom. The van der Waals surface area contributed by atoms with Gasteiger partial charge in [0.25, 0.3) is 5.91 Å². The molecule has 4 rings (SSSR count). The molecule has 0 fully saturated rings. The summed E-state index contributed by atoms with van der Waals surface area (Å²) in [6.07, 6.45) is 3.58. The molecular weight excluding hydrogens is 326 g/mol. The second-order valence-electron chi connectivity index (χ2n) is 6.06. The van der Waals surface area contributed by atoms with Gasteiger partial charge in [0.1, 0.15) is 5.65 Å². The molecule has 0 bridgehead atoms. The van der Waals surface area contributed by atoms with Crippen LogP contribution in [0.3, 0.4) is 0 Å². The largest absolute Gasteiger partial charge is 0.298 e. The zero-order chi connectivity index (χ0) is 18.1. The minimum Gasteiger partial charge on any atom is -0.298 e. The first-order valence-electron chi connectivity index (χ1n) is 8.27. The van der Waals surface area contributed by atoms with Crippen LogP contribution in [0.4, 0.5) is 5.95 Å². The van der Waals surface area contributed by atoms with Gasteiger partial charge in [-0.3, -0.25) is 14.5 Å². The van der Waals surface area contributed by atoms with Crippen molar-refractivity contribution in [2.75, 3.05) is 5.32 Å². The Hall–Kier alpha value is -3.54. The highest BCUT2D eigenvalue weighted by Crippen LogP contribution is 2.23. The second kappa shape index (κ2) is 6.40. The third-order valence-electron chi connectivity index (χ3n) is 4.11. The van der Waals surface area contributed by atoms with Crippen molar-refractivity contribution in [1.82, 2.24) is 19.4 Å². The van der Waals surface area contributed by atoms with E-state index < -0.39 is 0 Å². The zero-order valence-electron chi connectivity index (χ0n) is 14.5. The van der Waals surface area contributed by atoms with E-state index in [1.165, 1.54) is 0 Å². The Morgan fingerprint density at radius 3 is 2.77 bits per heavy atom. The smallest absolute Gasteiger partial charge is 0.258 e. The Balaban J connectivity index is 1.69. The van der Waals surface area contributed by atoms with Gasteiger partial charge in [-0.2, -0.15) is 0 Å². The number of hydrogen-bond acceptors (Lipinski definition) is 4. The molecule has 1 amide bonds. The lowest BCUT2D eigenvalue weighted by Crippen LogP contribution is -2.14. The van der Waals surface area contributed by atoms with Crippen LogP contribution in [-0.4, -0.2) is 25.3 Å². The zero-order valence-corrected chi connectivity index (χ0v) is 14.5. The molecule has 0 aliphatic heterocycles. The van der Waals surface area contributed by atoms with Crippen molar-refractivity contribution in [3.63, 3.8) is 0 Å². The highest BCUT2D eigenvalue weighted by Gasteiger charge is 2.14. The van der Waals surface area contributed by atoms with Crippen molar-refractivity contribution in [3.05, 3.63) is 77.7 Å². The van der Waals surface area contributed by atoms with Crippen LogP contribution in [0.15, 0.2) is 60.9 Å². The van der Waals surface area contributed by atoms with Gasteiger partial charge in [0.2, 0.25) is 5.95 Å². The molecule has 0 unspecified atom stereocenters. The van der Waals surface area contributed by atoms with Crippen LogP contribution in [0.25, 0.3) is 17.0 Å². The van der Waals surface area contributed by atoms with Gasteiger partial charge in [0.05, 0.1) is 17.1 Å². The highest BCUT2D eigenvalue weighted by molar-refractivity contribution is 6.03. The number of amides is 1. The van der Waals surface area contributed by atoms with E-state index in [-0.39, 0.29) is 11.9 Å². The summed E-state index contributed by atoms with van der Waals surface area (Å²) in [5, 5.41) is 2.76. The van der Waals surface area contributed by atoms with Crippen LogP contribution in [0.5, 0.6) is 0 Å². The number of hydrogen-bond donors (Lipinski definition) is 1. The molecular formula is C20H17N5O. The van der Waals surface area contributed by atoms with Gasteiger partial charge in [-0.1, -0.05) is 23.8 Å². The number of aryl methyl sites for hydroxylation is 2. The molecule has 0 saturated carbocycles. The van der Waals surface area contributed by atoms with E-state index in [4.69, 9.17) is 0 Å². The fraction of sp³-hybridized carbons (Fsp3) is 0.100. The number of carbonyl (C=O) groups is 1. The molecule has 3 heterocycles. The number of nitrogens with zero attached hydrogens (tertiary/aromatic N) is 4. The quantitative estimate of drug-likeness (QED) is 0.616. The van der Waals surface area contributed by atoms with E-state index in [1.807, 2.05) is 66.9 Å². The molecule has 6 heteroatoms. The maximum Gasteiger partial charge on any atom is 0.258 e. The van der Waals surface area contributed by atoms with Gasteiger partial charge in [0, 0.05) is 18.0 Å². The fourth-order valence-corrected chi connectivity index (χ4v) is 2.93. The van der Waals surface area contributed by atoms with Gasteiger partial charge in [0.15, 0.2) is 0 Å². The Bertz CT molecular complexity index is 1120. The molecule has 0 aliphatic rings. The molecule has 3 aromatic heterocycles. The predicted molar refractivity (Wildman–Crippen MR) is 100 cm³/mol. The number of aromatic nitrogens is 4. The molecule has 6 nitrogen and oxygen atoms in total. The number of rotatable bonds is 3. The average Bonchev–Trinajstić information content (AvgIpc) is 2.97. The van der Waals surface area contributed by atoms with Gasteiger partial charge in [-0.25, -0.2) is 15.0 Å². The maximum absolute atomic E-state index is 12.4. The first kappa shape index (κ1) is 16.0. The standard InChI is InChI=1S/C20H17N5O/c1-13-6-5-7-15(12-13)19(26)24-20-21-10-9-16(23-20)18-14(2)22-17-8-3-4-11-25(17)18/h3-12H,1-2H3,(H,21,23,24,26). The number of pyridine rings is 1. The summed E-state index contributed by atoms with van der Waals surface area (Å²) in [5.74, 6) is 0.0278. The number of imidazole rings is 1. The average molecular weight is 343 g/mol. The van der Waals surface area contributed by atoms with Crippen molar-refractivity contribution in [2.45, 2.75) is 13.8 Å². The molecule has 0 aliphatic carbocycles. The first-order chi connectivity index (χ1) is 12.6. The molecule has 0 radical (unpaired) electrons. The third-order valence-corrected chi connectivity index (χ3v) is 4.11. The molecule has 0 atom stereocenters. The normalized spacial score (nSPS) is 10.8. The summed E-state index contributed by atoms with van der Waals surface area (Å²) in [4.78, 5) is 25.7. The summed E-state index contributed by atoms with van der Waals surface area (Å²) < 4.78 is 1.98. The van der Waals surface area contributed by atoms with E-state index in [2.05, 4.69) is 20.3 Å². The van der Waals surface area contributed by atoms with Crippen LogP contribution in [0.1, 0.15) is 21.6 Å². The van der Waals surface area contributed by atoms with E-state index >= 15 is 0 Å². The van der Waals surface area contributed by atoms with Gasteiger partial charge in [-0.15, -0.1) is 0 Å². The maximum atomic E-state index is 12.4.